The van der Waals surface area contributed by atoms with Crippen LogP contribution in [0.1, 0.15) is 5.56 Å². The summed E-state index contributed by atoms with van der Waals surface area (Å²) in [5, 5.41) is 0. The third-order valence-corrected chi connectivity index (χ3v) is 3.47. The van der Waals surface area contributed by atoms with Gasteiger partial charge in [0.1, 0.15) is 0 Å². The Labute approximate surface area is 108 Å². The number of hydrogen-bond donors (Lipinski definition) is 1. The molecule has 0 aliphatic heterocycles. The number of methoxy groups -OCH3 is 1. The zero-order chi connectivity index (χ0) is 13.4. The molecule has 102 valence electrons. The van der Waals surface area contributed by atoms with Crippen LogP contribution in [0, 0.1) is 6.92 Å². The van der Waals surface area contributed by atoms with Crippen LogP contribution in [0.25, 0.3) is 0 Å². The fraction of sp³-hybridized carbons (Fsp3) is 0.500. The highest BCUT2D eigenvalue weighted by atomic mass is 32.2. The van der Waals surface area contributed by atoms with Crippen LogP contribution in [0.3, 0.4) is 0 Å². The number of nitrogens with one attached hydrogen (secondary N) is 1. The summed E-state index contributed by atoms with van der Waals surface area (Å²) in [6.45, 7) is 2.93. The largest absolute Gasteiger partial charge is 0.382 e. The van der Waals surface area contributed by atoms with Crippen molar-refractivity contribution in [2.75, 3.05) is 37.4 Å². The number of ether oxygens (including phenoxy) is 2. The summed E-state index contributed by atoms with van der Waals surface area (Å²) in [6, 6.07) is 7.22. The highest BCUT2D eigenvalue weighted by molar-refractivity contribution is 7.92. The van der Waals surface area contributed by atoms with E-state index in [0.29, 0.717) is 18.9 Å². The van der Waals surface area contributed by atoms with E-state index in [1.54, 1.807) is 19.2 Å². The zero-order valence-electron chi connectivity index (χ0n) is 10.7. The van der Waals surface area contributed by atoms with Gasteiger partial charge in [-0.15, -0.1) is 0 Å². The molecular weight excluding hydrogens is 254 g/mol. The predicted molar refractivity (Wildman–Crippen MR) is 71.3 cm³/mol. The number of anilines is 1. The lowest BCUT2D eigenvalue weighted by atomic mass is 10.2. The molecule has 0 saturated heterocycles. The Hall–Kier alpha value is -1.11. The van der Waals surface area contributed by atoms with Crippen LogP contribution in [0.15, 0.2) is 24.3 Å². The number of hydrogen-bond acceptors (Lipinski definition) is 4. The fourth-order valence-corrected chi connectivity index (χ4v) is 2.28. The van der Waals surface area contributed by atoms with Gasteiger partial charge < -0.3 is 9.47 Å². The van der Waals surface area contributed by atoms with Gasteiger partial charge in [-0.25, -0.2) is 8.42 Å². The van der Waals surface area contributed by atoms with Crippen molar-refractivity contribution >= 4 is 15.7 Å². The Morgan fingerprint density at radius 1 is 1.22 bits per heavy atom. The number of rotatable bonds is 8. The third kappa shape index (κ3) is 6.00. The van der Waals surface area contributed by atoms with Crippen LogP contribution in [0.2, 0.25) is 0 Å². The Morgan fingerprint density at radius 3 is 2.67 bits per heavy atom. The third-order valence-electron chi connectivity index (χ3n) is 2.22. The normalized spacial score (nSPS) is 11.4. The van der Waals surface area contributed by atoms with Crippen molar-refractivity contribution in [1.29, 1.82) is 0 Å². The van der Waals surface area contributed by atoms with Crippen LogP contribution in [-0.2, 0) is 19.5 Å². The smallest absolute Gasteiger partial charge is 0.234 e. The van der Waals surface area contributed by atoms with Crippen LogP contribution in [0.4, 0.5) is 5.69 Å². The van der Waals surface area contributed by atoms with E-state index in [1.165, 1.54) is 0 Å². The lowest BCUT2D eigenvalue weighted by molar-refractivity contribution is 0.0785. The molecule has 1 rings (SSSR count). The van der Waals surface area contributed by atoms with Gasteiger partial charge in [-0.2, -0.15) is 0 Å². The SMILES string of the molecule is COCCOCCS(=O)(=O)Nc1cccc(C)c1. The fourth-order valence-electron chi connectivity index (χ4n) is 1.35. The molecule has 18 heavy (non-hydrogen) atoms. The Bertz CT molecular complexity index is 459. The van der Waals surface area contributed by atoms with Crippen LogP contribution >= 0.6 is 0 Å². The van der Waals surface area contributed by atoms with E-state index < -0.39 is 10.0 Å². The Morgan fingerprint density at radius 2 is 2.00 bits per heavy atom. The van der Waals surface area contributed by atoms with E-state index in [1.807, 2.05) is 19.1 Å². The molecular formula is C12H19NO4S. The number of aryl methyl sites for hydroxylation is 1. The van der Waals surface area contributed by atoms with Gasteiger partial charge in [-0.1, -0.05) is 12.1 Å². The monoisotopic (exact) mass is 273 g/mol. The maximum atomic E-state index is 11.7. The van der Waals surface area contributed by atoms with Crippen molar-refractivity contribution < 1.29 is 17.9 Å². The summed E-state index contributed by atoms with van der Waals surface area (Å²) in [5.41, 5.74) is 1.58. The minimum atomic E-state index is -3.35. The first kappa shape index (κ1) is 14.9. The minimum absolute atomic E-state index is 0.0648. The van der Waals surface area contributed by atoms with Crippen LogP contribution in [-0.4, -0.2) is 41.1 Å². The van der Waals surface area contributed by atoms with Gasteiger partial charge >= 0.3 is 0 Å². The summed E-state index contributed by atoms with van der Waals surface area (Å²) in [7, 11) is -1.79. The standard InChI is InChI=1S/C12H19NO4S/c1-11-4-3-5-12(10-11)13-18(14,15)9-8-17-7-6-16-2/h3-5,10,13H,6-9H2,1-2H3. The summed E-state index contributed by atoms with van der Waals surface area (Å²) in [6.07, 6.45) is 0. The second-order valence-electron chi connectivity index (χ2n) is 3.90. The number of benzene rings is 1. The molecule has 1 aromatic carbocycles. The van der Waals surface area contributed by atoms with Crippen molar-refractivity contribution in [2.24, 2.45) is 0 Å². The highest BCUT2D eigenvalue weighted by Crippen LogP contribution is 2.11. The van der Waals surface area contributed by atoms with Gasteiger partial charge in [0.15, 0.2) is 0 Å². The molecule has 0 aliphatic rings. The first-order valence-corrected chi connectivity index (χ1v) is 7.32. The molecule has 1 aromatic rings. The first-order valence-electron chi connectivity index (χ1n) is 5.67. The van der Waals surface area contributed by atoms with Gasteiger partial charge in [0.2, 0.25) is 10.0 Å². The van der Waals surface area contributed by atoms with Gasteiger partial charge in [-0.3, -0.25) is 4.72 Å². The van der Waals surface area contributed by atoms with Crippen molar-refractivity contribution in [3.8, 4) is 0 Å². The molecule has 1 N–H and O–H groups in total. The second-order valence-corrected chi connectivity index (χ2v) is 5.74. The zero-order valence-corrected chi connectivity index (χ0v) is 11.5. The van der Waals surface area contributed by atoms with Gasteiger partial charge in [0.05, 0.1) is 25.6 Å². The second kappa shape index (κ2) is 7.35. The first-order chi connectivity index (χ1) is 8.53. The Kier molecular flexibility index (Phi) is 6.11. The van der Waals surface area contributed by atoms with Crippen molar-refractivity contribution in [3.63, 3.8) is 0 Å². The van der Waals surface area contributed by atoms with Gasteiger partial charge in [0, 0.05) is 12.8 Å². The quantitative estimate of drug-likeness (QED) is 0.727. The molecule has 0 spiro atoms. The maximum absolute atomic E-state index is 11.7. The number of sulfonamides is 1. The predicted octanol–water partition coefficient (Wildman–Crippen LogP) is 1.40. The van der Waals surface area contributed by atoms with E-state index in [-0.39, 0.29) is 12.4 Å². The van der Waals surface area contributed by atoms with E-state index in [4.69, 9.17) is 9.47 Å². The molecule has 0 aliphatic carbocycles. The van der Waals surface area contributed by atoms with E-state index in [0.717, 1.165) is 5.56 Å². The molecule has 0 amide bonds. The summed E-state index contributed by atoms with van der Waals surface area (Å²) >= 11 is 0. The lowest BCUT2D eigenvalue weighted by Crippen LogP contribution is -2.20. The summed E-state index contributed by atoms with van der Waals surface area (Å²) in [4.78, 5) is 0. The molecule has 0 saturated carbocycles. The van der Waals surface area contributed by atoms with Crippen LogP contribution in [0.5, 0.6) is 0 Å². The molecule has 0 bridgehead atoms. The molecule has 0 atom stereocenters. The molecule has 0 heterocycles. The highest BCUT2D eigenvalue weighted by Gasteiger charge is 2.10. The molecule has 0 unspecified atom stereocenters. The lowest BCUT2D eigenvalue weighted by Gasteiger charge is -2.08. The van der Waals surface area contributed by atoms with Crippen molar-refractivity contribution in [3.05, 3.63) is 29.8 Å². The molecule has 0 fully saturated rings. The molecule has 6 heteroatoms. The van der Waals surface area contributed by atoms with E-state index in [2.05, 4.69) is 4.72 Å². The minimum Gasteiger partial charge on any atom is -0.382 e. The summed E-state index contributed by atoms with van der Waals surface area (Å²) < 4.78 is 35.9. The molecule has 5 nitrogen and oxygen atoms in total. The van der Waals surface area contributed by atoms with Gasteiger partial charge in [-0.05, 0) is 24.6 Å². The summed E-state index contributed by atoms with van der Waals surface area (Å²) in [5.74, 6) is -0.0648. The van der Waals surface area contributed by atoms with Crippen molar-refractivity contribution in [1.82, 2.24) is 0 Å². The van der Waals surface area contributed by atoms with Crippen molar-refractivity contribution in [2.45, 2.75) is 6.92 Å². The topological polar surface area (TPSA) is 64.6 Å². The Balaban J connectivity index is 2.40. The maximum Gasteiger partial charge on any atom is 0.234 e. The molecule has 0 radical (unpaired) electrons. The average Bonchev–Trinajstić information content (AvgIpc) is 2.28. The molecule has 0 aromatic heterocycles. The average molecular weight is 273 g/mol. The van der Waals surface area contributed by atoms with E-state index >= 15 is 0 Å². The van der Waals surface area contributed by atoms with Crippen LogP contribution < -0.4 is 4.72 Å². The van der Waals surface area contributed by atoms with E-state index in [9.17, 15) is 8.42 Å². The van der Waals surface area contributed by atoms with Gasteiger partial charge in [0.25, 0.3) is 0 Å².